The number of nitrogens with one attached hydrogen (secondary N) is 1. The number of hydrogen-bond acceptors (Lipinski definition) is 5. The van der Waals surface area contributed by atoms with Gasteiger partial charge in [-0.3, -0.25) is 14.3 Å². The van der Waals surface area contributed by atoms with Crippen molar-refractivity contribution in [1.29, 1.82) is 0 Å². The van der Waals surface area contributed by atoms with Gasteiger partial charge in [-0.25, -0.2) is 8.42 Å². The summed E-state index contributed by atoms with van der Waals surface area (Å²) in [5, 5.41) is 0. The summed E-state index contributed by atoms with van der Waals surface area (Å²) in [6.07, 6.45) is -0.848. The summed E-state index contributed by atoms with van der Waals surface area (Å²) in [6, 6.07) is 11.4. The first kappa shape index (κ1) is 20.8. The van der Waals surface area contributed by atoms with Crippen molar-refractivity contribution >= 4 is 27.5 Å². The monoisotopic (exact) mass is 417 g/mol. The van der Waals surface area contributed by atoms with Crippen molar-refractivity contribution in [1.82, 2.24) is 4.90 Å². The number of carbonyl (C=O) groups excluding carboxylic acids is 2. The van der Waals surface area contributed by atoms with Gasteiger partial charge in [0.25, 0.3) is 15.9 Å². The second-order valence-electron chi connectivity index (χ2n) is 6.97. The van der Waals surface area contributed by atoms with E-state index in [2.05, 4.69) is 4.72 Å². The third kappa shape index (κ3) is 4.75. The molecule has 2 aromatic rings. The van der Waals surface area contributed by atoms with Crippen LogP contribution >= 0.6 is 0 Å². The van der Waals surface area contributed by atoms with E-state index in [4.69, 9.17) is 10.5 Å². The molecule has 3 rings (SSSR count). The van der Waals surface area contributed by atoms with Crippen LogP contribution in [0.4, 0.5) is 5.69 Å². The van der Waals surface area contributed by atoms with Gasteiger partial charge >= 0.3 is 0 Å². The van der Waals surface area contributed by atoms with E-state index in [0.717, 1.165) is 5.56 Å². The number of primary amides is 1. The number of aryl methyl sites for hydroxylation is 2. The van der Waals surface area contributed by atoms with E-state index < -0.39 is 22.0 Å². The lowest BCUT2D eigenvalue weighted by Gasteiger charge is -2.31. The molecule has 0 aromatic heterocycles. The lowest BCUT2D eigenvalue weighted by atomic mass is 10.1. The predicted octanol–water partition coefficient (Wildman–Crippen LogP) is 1.43. The lowest BCUT2D eigenvalue weighted by Crippen LogP contribution is -2.50. The van der Waals surface area contributed by atoms with E-state index in [0.29, 0.717) is 17.7 Å². The molecule has 1 fully saturated rings. The zero-order valence-electron chi connectivity index (χ0n) is 16.2. The van der Waals surface area contributed by atoms with Crippen LogP contribution in [0.25, 0.3) is 0 Å². The largest absolute Gasteiger partial charge is 0.367 e. The fourth-order valence-electron chi connectivity index (χ4n) is 3.11. The normalized spacial score (nSPS) is 17.0. The maximum atomic E-state index is 12.8. The predicted molar refractivity (Wildman–Crippen MR) is 108 cm³/mol. The Hall–Kier alpha value is -2.91. The highest BCUT2D eigenvalue weighted by molar-refractivity contribution is 7.92. The summed E-state index contributed by atoms with van der Waals surface area (Å²) in [4.78, 5) is 25.8. The van der Waals surface area contributed by atoms with Gasteiger partial charge in [0.15, 0.2) is 6.10 Å². The van der Waals surface area contributed by atoms with Crippen LogP contribution in [0.3, 0.4) is 0 Å². The van der Waals surface area contributed by atoms with Gasteiger partial charge in [-0.15, -0.1) is 0 Å². The Labute approximate surface area is 169 Å². The Morgan fingerprint density at radius 1 is 1.17 bits per heavy atom. The van der Waals surface area contributed by atoms with E-state index in [-0.39, 0.29) is 29.6 Å². The molecule has 2 aromatic carbocycles. The van der Waals surface area contributed by atoms with Crippen LogP contribution in [-0.4, -0.2) is 50.9 Å². The van der Waals surface area contributed by atoms with E-state index in [9.17, 15) is 18.0 Å². The molecule has 2 amide bonds. The van der Waals surface area contributed by atoms with Crippen molar-refractivity contribution in [2.24, 2.45) is 5.73 Å². The summed E-state index contributed by atoms with van der Waals surface area (Å²) in [6.45, 7) is 4.13. The van der Waals surface area contributed by atoms with Crippen molar-refractivity contribution in [3.05, 3.63) is 59.2 Å². The number of amides is 2. The first-order valence-corrected chi connectivity index (χ1v) is 10.6. The van der Waals surface area contributed by atoms with E-state index in [1.807, 2.05) is 13.0 Å². The van der Waals surface area contributed by atoms with Crippen molar-refractivity contribution in [2.75, 3.05) is 24.4 Å². The molecule has 1 saturated heterocycles. The van der Waals surface area contributed by atoms with Gasteiger partial charge in [0.05, 0.1) is 18.0 Å². The summed E-state index contributed by atoms with van der Waals surface area (Å²) in [5.74, 6) is -0.954. The van der Waals surface area contributed by atoms with E-state index in [1.165, 1.54) is 11.0 Å². The smallest absolute Gasteiger partial charge is 0.262 e. The molecule has 0 aliphatic carbocycles. The van der Waals surface area contributed by atoms with Crippen LogP contribution in [-0.2, 0) is 19.6 Å². The van der Waals surface area contributed by atoms with Crippen LogP contribution in [0, 0.1) is 13.8 Å². The molecule has 0 saturated carbocycles. The highest BCUT2D eigenvalue weighted by Crippen LogP contribution is 2.22. The van der Waals surface area contributed by atoms with Gasteiger partial charge < -0.3 is 15.4 Å². The number of rotatable bonds is 5. The summed E-state index contributed by atoms with van der Waals surface area (Å²) < 4.78 is 33.4. The number of nitrogens with zero attached hydrogens (tertiary/aromatic N) is 1. The zero-order valence-corrected chi connectivity index (χ0v) is 17.0. The number of hydrogen-bond donors (Lipinski definition) is 2. The number of anilines is 1. The number of nitrogens with two attached hydrogens (primary N) is 1. The van der Waals surface area contributed by atoms with Gasteiger partial charge in [0.1, 0.15) is 0 Å². The molecule has 1 aliphatic rings. The summed E-state index contributed by atoms with van der Waals surface area (Å²) in [5.41, 5.74) is 7.29. The molecule has 29 heavy (non-hydrogen) atoms. The Kier molecular flexibility index (Phi) is 5.90. The van der Waals surface area contributed by atoms with Crippen LogP contribution in [0.5, 0.6) is 0 Å². The molecule has 1 atom stereocenters. The standard InChI is InChI=1S/C20H23N3O5S/c1-13-6-7-14(2)18(10-13)29(26,27)22-16-5-3-4-15(11-16)20(25)23-8-9-28-17(12-23)19(21)24/h3-7,10-11,17,22H,8-9,12H2,1-2H3,(H2,21,24). The number of sulfonamides is 1. The fourth-order valence-corrected chi connectivity index (χ4v) is 4.49. The molecular weight excluding hydrogens is 394 g/mol. The van der Waals surface area contributed by atoms with Gasteiger partial charge in [-0.05, 0) is 49.2 Å². The molecule has 0 bridgehead atoms. The van der Waals surface area contributed by atoms with Crippen molar-refractivity contribution < 1.29 is 22.7 Å². The van der Waals surface area contributed by atoms with Gasteiger partial charge in [-0.1, -0.05) is 18.2 Å². The molecule has 154 valence electrons. The van der Waals surface area contributed by atoms with Crippen molar-refractivity contribution in [2.45, 2.75) is 24.8 Å². The Balaban J connectivity index is 1.81. The zero-order chi connectivity index (χ0) is 21.2. The molecule has 3 N–H and O–H groups in total. The van der Waals surface area contributed by atoms with Gasteiger partial charge in [0.2, 0.25) is 5.91 Å². The number of carbonyl (C=O) groups is 2. The van der Waals surface area contributed by atoms with E-state index in [1.54, 1.807) is 37.3 Å². The minimum Gasteiger partial charge on any atom is -0.367 e. The first-order valence-electron chi connectivity index (χ1n) is 9.08. The molecular formula is C20H23N3O5S. The maximum absolute atomic E-state index is 12.8. The number of morpholine rings is 1. The number of benzene rings is 2. The average molecular weight is 417 g/mol. The first-order chi connectivity index (χ1) is 13.7. The molecule has 1 heterocycles. The van der Waals surface area contributed by atoms with Crippen LogP contribution < -0.4 is 10.5 Å². The molecule has 1 aliphatic heterocycles. The van der Waals surface area contributed by atoms with E-state index >= 15 is 0 Å². The molecule has 1 unspecified atom stereocenters. The average Bonchev–Trinajstić information content (AvgIpc) is 2.69. The van der Waals surface area contributed by atoms with Crippen LogP contribution in [0.2, 0.25) is 0 Å². The van der Waals surface area contributed by atoms with Crippen LogP contribution in [0.1, 0.15) is 21.5 Å². The minimum atomic E-state index is -3.81. The second kappa shape index (κ2) is 8.22. The minimum absolute atomic E-state index is 0.0621. The Bertz CT molecular complexity index is 1050. The van der Waals surface area contributed by atoms with Gasteiger partial charge in [-0.2, -0.15) is 0 Å². The Morgan fingerprint density at radius 2 is 1.93 bits per heavy atom. The highest BCUT2D eigenvalue weighted by atomic mass is 32.2. The fraction of sp³-hybridized carbons (Fsp3) is 0.300. The van der Waals surface area contributed by atoms with Gasteiger partial charge in [0, 0.05) is 17.8 Å². The van der Waals surface area contributed by atoms with Crippen molar-refractivity contribution in [3.63, 3.8) is 0 Å². The topological polar surface area (TPSA) is 119 Å². The Morgan fingerprint density at radius 3 is 2.66 bits per heavy atom. The third-order valence-corrected chi connectivity index (χ3v) is 6.19. The SMILES string of the molecule is Cc1ccc(C)c(S(=O)(=O)Nc2cccc(C(=O)N3CCOC(C(N)=O)C3)c2)c1. The summed E-state index contributed by atoms with van der Waals surface area (Å²) >= 11 is 0. The van der Waals surface area contributed by atoms with Crippen molar-refractivity contribution in [3.8, 4) is 0 Å². The molecule has 0 spiro atoms. The maximum Gasteiger partial charge on any atom is 0.262 e. The highest BCUT2D eigenvalue weighted by Gasteiger charge is 2.28. The lowest BCUT2D eigenvalue weighted by molar-refractivity contribution is -0.133. The molecule has 8 nitrogen and oxygen atoms in total. The summed E-state index contributed by atoms with van der Waals surface area (Å²) in [7, 11) is -3.81. The molecule has 9 heteroatoms. The van der Waals surface area contributed by atoms with Crippen LogP contribution in [0.15, 0.2) is 47.4 Å². The molecule has 0 radical (unpaired) electrons. The number of ether oxygens (including phenoxy) is 1. The second-order valence-corrected chi connectivity index (χ2v) is 8.62. The quantitative estimate of drug-likeness (QED) is 0.763. The third-order valence-electron chi connectivity index (χ3n) is 4.67.